The molecule has 0 spiro atoms. The van der Waals surface area contributed by atoms with Crippen molar-refractivity contribution in [3.05, 3.63) is 47.0 Å². The highest BCUT2D eigenvalue weighted by molar-refractivity contribution is 5.96. The Morgan fingerprint density at radius 3 is 2.39 bits per heavy atom. The van der Waals surface area contributed by atoms with Crippen molar-refractivity contribution >= 4 is 17.6 Å². The van der Waals surface area contributed by atoms with Crippen molar-refractivity contribution in [1.82, 2.24) is 30.4 Å². The van der Waals surface area contributed by atoms with Crippen LogP contribution >= 0.6 is 0 Å². The highest BCUT2D eigenvalue weighted by Crippen LogP contribution is 2.22. The van der Waals surface area contributed by atoms with Crippen molar-refractivity contribution in [2.24, 2.45) is 0 Å². The standard InChI is InChI=1S/C18H20N6O4/c1-10-15(11(2)24-18(21-10)19-9-20-24)8-16(25)22-23-17(26)12-5-13(27-3)7-14(6-12)28-4/h5-7,9H,8H2,1-4H3,(H,22,25)(H,23,26). The zero-order chi connectivity index (χ0) is 20.3. The first-order valence-electron chi connectivity index (χ1n) is 8.41. The van der Waals surface area contributed by atoms with Gasteiger partial charge in [-0.05, 0) is 26.0 Å². The third kappa shape index (κ3) is 3.85. The van der Waals surface area contributed by atoms with Crippen LogP contribution < -0.4 is 20.3 Å². The Bertz CT molecular complexity index is 1020. The number of fused-ring (bicyclic) bond motifs is 1. The zero-order valence-corrected chi connectivity index (χ0v) is 15.9. The van der Waals surface area contributed by atoms with Gasteiger partial charge in [0.2, 0.25) is 5.91 Å². The molecule has 0 unspecified atom stereocenters. The molecule has 0 fully saturated rings. The molecule has 0 aliphatic heterocycles. The second-order valence-electron chi connectivity index (χ2n) is 6.01. The Balaban J connectivity index is 1.69. The maximum atomic E-state index is 12.3. The van der Waals surface area contributed by atoms with Crippen molar-refractivity contribution < 1.29 is 19.1 Å². The lowest BCUT2D eigenvalue weighted by molar-refractivity contribution is -0.121. The van der Waals surface area contributed by atoms with Gasteiger partial charge >= 0.3 is 0 Å². The van der Waals surface area contributed by atoms with Gasteiger partial charge in [-0.25, -0.2) is 9.50 Å². The number of hydrogen-bond donors (Lipinski definition) is 2. The smallest absolute Gasteiger partial charge is 0.269 e. The summed E-state index contributed by atoms with van der Waals surface area (Å²) in [6, 6.07) is 4.73. The summed E-state index contributed by atoms with van der Waals surface area (Å²) in [5.74, 6) is 0.516. The van der Waals surface area contributed by atoms with E-state index < -0.39 is 11.8 Å². The first-order chi connectivity index (χ1) is 13.4. The molecule has 0 aliphatic carbocycles. The predicted octanol–water partition coefficient (Wildman–Crippen LogP) is 0.762. The number of rotatable bonds is 5. The highest BCUT2D eigenvalue weighted by Gasteiger charge is 2.16. The predicted molar refractivity (Wildman–Crippen MR) is 99.1 cm³/mol. The lowest BCUT2D eigenvalue weighted by Gasteiger charge is -2.12. The monoisotopic (exact) mass is 384 g/mol. The second kappa shape index (κ2) is 7.91. The summed E-state index contributed by atoms with van der Waals surface area (Å²) in [5, 5.41) is 4.09. The Hall–Kier alpha value is -3.69. The van der Waals surface area contributed by atoms with Gasteiger partial charge in [-0.1, -0.05) is 0 Å². The van der Waals surface area contributed by atoms with Crippen LogP contribution in [0.2, 0.25) is 0 Å². The zero-order valence-electron chi connectivity index (χ0n) is 15.9. The number of hydrogen-bond acceptors (Lipinski definition) is 7. The normalized spacial score (nSPS) is 10.6. The van der Waals surface area contributed by atoms with E-state index in [1.165, 1.54) is 20.5 Å². The van der Waals surface area contributed by atoms with Crippen LogP contribution in [0.5, 0.6) is 11.5 Å². The molecule has 2 heterocycles. The number of carbonyl (C=O) groups excluding carboxylic acids is 2. The molecule has 1 aromatic carbocycles. The van der Waals surface area contributed by atoms with E-state index in [1.807, 2.05) is 6.92 Å². The van der Waals surface area contributed by atoms with Crippen molar-refractivity contribution in [3.63, 3.8) is 0 Å². The maximum absolute atomic E-state index is 12.3. The van der Waals surface area contributed by atoms with Crippen molar-refractivity contribution in [3.8, 4) is 11.5 Å². The van der Waals surface area contributed by atoms with Gasteiger partial charge in [-0.3, -0.25) is 20.4 Å². The molecule has 2 amide bonds. The van der Waals surface area contributed by atoms with Crippen molar-refractivity contribution in [1.29, 1.82) is 0 Å². The van der Waals surface area contributed by atoms with Gasteiger partial charge in [-0.2, -0.15) is 10.1 Å². The fourth-order valence-electron chi connectivity index (χ4n) is 2.75. The van der Waals surface area contributed by atoms with Crippen LogP contribution in [0.3, 0.4) is 0 Å². The summed E-state index contributed by atoms with van der Waals surface area (Å²) in [4.78, 5) is 33.0. The number of benzene rings is 1. The third-order valence-electron chi connectivity index (χ3n) is 4.26. The fourth-order valence-corrected chi connectivity index (χ4v) is 2.75. The van der Waals surface area contributed by atoms with Crippen molar-refractivity contribution in [2.45, 2.75) is 20.3 Å². The molecule has 28 heavy (non-hydrogen) atoms. The summed E-state index contributed by atoms with van der Waals surface area (Å²) in [6.07, 6.45) is 1.43. The van der Waals surface area contributed by atoms with Crippen LogP contribution in [0.25, 0.3) is 5.78 Å². The number of ether oxygens (including phenoxy) is 2. The molecule has 3 aromatic rings. The molecule has 2 aromatic heterocycles. The number of methoxy groups -OCH3 is 2. The van der Waals surface area contributed by atoms with E-state index >= 15 is 0 Å². The second-order valence-corrected chi connectivity index (χ2v) is 6.01. The van der Waals surface area contributed by atoms with Gasteiger partial charge < -0.3 is 9.47 Å². The van der Waals surface area contributed by atoms with Crippen molar-refractivity contribution in [2.75, 3.05) is 14.2 Å². The first kappa shape index (κ1) is 19.1. The van der Waals surface area contributed by atoms with Gasteiger partial charge in [0, 0.05) is 28.6 Å². The summed E-state index contributed by atoms with van der Waals surface area (Å²) < 4.78 is 11.8. The Morgan fingerprint density at radius 1 is 1.07 bits per heavy atom. The van der Waals surface area contributed by atoms with Gasteiger partial charge in [-0.15, -0.1) is 0 Å². The number of hydrazine groups is 1. The molecule has 0 saturated carbocycles. The number of aryl methyl sites for hydroxylation is 2. The third-order valence-corrected chi connectivity index (χ3v) is 4.26. The molecule has 0 aliphatic rings. The van der Waals surface area contributed by atoms with E-state index in [-0.39, 0.29) is 12.0 Å². The molecule has 0 saturated heterocycles. The van der Waals surface area contributed by atoms with E-state index in [0.717, 1.165) is 5.69 Å². The lowest BCUT2D eigenvalue weighted by Crippen LogP contribution is -2.42. The van der Waals surface area contributed by atoms with Gasteiger partial charge in [0.25, 0.3) is 11.7 Å². The maximum Gasteiger partial charge on any atom is 0.269 e. The number of nitrogens with zero attached hydrogens (tertiary/aromatic N) is 4. The molecule has 146 valence electrons. The molecular weight excluding hydrogens is 364 g/mol. The number of aromatic nitrogens is 4. The molecule has 2 N–H and O–H groups in total. The quantitative estimate of drug-likeness (QED) is 0.623. The molecule has 10 heteroatoms. The molecular formula is C18H20N6O4. The minimum atomic E-state index is -0.496. The van der Waals surface area contributed by atoms with Crippen LogP contribution in [0.1, 0.15) is 27.3 Å². The van der Waals surface area contributed by atoms with E-state index in [2.05, 4.69) is 25.9 Å². The molecule has 3 rings (SSSR count). The minimum Gasteiger partial charge on any atom is -0.497 e. The van der Waals surface area contributed by atoms with E-state index in [4.69, 9.17) is 9.47 Å². The highest BCUT2D eigenvalue weighted by atomic mass is 16.5. The van der Waals surface area contributed by atoms with Gasteiger partial charge in [0.1, 0.15) is 17.8 Å². The first-order valence-corrected chi connectivity index (χ1v) is 8.41. The molecule has 0 radical (unpaired) electrons. The number of nitrogens with one attached hydrogen (secondary N) is 2. The van der Waals surface area contributed by atoms with Crippen LogP contribution in [-0.4, -0.2) is 45.6 Å². The average molecular weight is 384 g/mol. The van der Waals surface area contributed by atoms with Crippen LogP contribution in [0.15, 0.2) is 24.5 Å². The molecule has 10 nitrogen and oxygen atoms in total. The molecule has 0 bridgehead atoms. The van der Waals surface area contributed by atoms with Gasteiger partial charge in [0.05, 0.1) is 20.6 Å². The van der Waals surface area contributed by atoms with Crippen LogP contribution in [0, 0.1) is 13.8 Å². The minimum absolute atomic E-state index is 0.0299. The summed E-state index contributed by atoms with van der Waals surface area (Å²) in [5.41, 5.74) is 7.24. The van der Waals surface area contributed by atoms with E-state index in [9.17, 15) is 9.59 Å². The van der Waals surface area contributed by atoms with E-state index in [0.29, 0.717) is 28.5 Å². The SMILES string of the molecule is COc1cc(OC)cc(C(=O)NNC(=O)Cc2c(C)nc3ncnn3c2C)c1. The largest absolute Gasteiger partial charge is 0.497 e. The number of amides is 2. The number of carbonyl (C=O) groups is 2. The Labute approximate surface area is 160 Å². The van der Waals surface area contributed by atoms with Crippen LogP contribution in [0.4, 0.5) is 0 Å². The average Bonchev–Trinajstić information content (AvgIpc) is 3.17. The van der Waals surface area contributed by atoms with Crippen LogP contribution in [-0.2, 0) is 11.2 Å². The lowest BCUT2D eigenvalue weighted by atomic mass is 10.1. The summed E-state index contributed by atoms with van der Waals surface area (Å²) in [6.45, 7) is 3.63. The molecule has 0 atom stereocenters. The summed E-state index contributed by atoms with van der Waals surface area (Å²) >= 11 is 0. The summed E-state index contributed by atoms with van der Waals surface area (Å²) in [7, 11) is 2.98. The van der Waals surface area contributed by atoms with Gasteiger partial charge in [0.15, 0.2) is 0 Å². The topological polar surface area (TPSA) is 120 Å². The Kier molecular flexibility index (Phi) is 5.39. The Morgan fingerprint density at radius 2 is 1.75 bits per heavy atom. The fraction of sp³-hybridized carbons (Fsp3) is 0.278. The van der Waals surface area contributed by atoms with E-state index in [1.54, 1.807) is 29.6 Å².